The van der Waals surface area contributed by atoms with Crippen molar-refractivity contribution in [1.82, 2.24) is 9.97 Å². The molecule has 2 aromatic carbocycles. The average Bonchev–Trinajstić information content (AvgIpc) is 3.47. The third kappa shape index (κ3) is 5.58. The van der Waals surface area contributed by atoms with Gasteiger partial charge in [0.15, 0.2) is 0 Å². The molecule has 0 saturated heterocycles. The molecular weight excluding hydrogens is 429 g/mol. The Morgan fingerprint density at radius 1 is 1.03 bits per heavy atom. The van der Waals surface area contributed by atoms with Crippen molar-refractivity contribution in [1.29, 1.82) is 0 Å². The van der Waals surface area contributed by atoms with E-state index in [4.69, 9.17) is 11.6 Å². The zero-order chi connectivity index (χ0) is 22.2. The van der Waals surface area contributed by atoms with E-state index in [-0.39, 0.29) is 5.75 Å². The molecule has 1 aliphatic rings. The molecule has 3 aromatic rings. The van der Waals surface area contributed by atoms with Crippen molar-refractivity contribution < 1.29 is 17.9 Å². The second-order valence-corrected chi connectivity index (χ2v) is 7.93. The van der Waals surface area contributed by atoms with Crippen molar-refractivity contribution in [3.8, 4) is 17.0 Å². The minimum absolute atomic E-state index is 0.306. The summed E-state index contributed by atoms with van der Waals surface area (Å²) in [5.41, 5.74) is 3.71. The first-order chi connectivity index (χ1) is 14.7. The average molecular weight is 449 g/mol. The summed E-state index contributed by atoms with van der Waals surface area (Å²) in [5.74, 6) is 0.622. The van der Waals surface area contributed by atoms with E-state index in [0.29, 0.717) is 34.1 Å². The van der Waals surface area contributed by atoms with E-state index < -0.39 is 6.36 Å². The first-order valence-corrected chi connectivity index (χ1v) is 10.1. The zero-order valence-corrected chi connectivity index (χ0v) is 17.6. The fraction of sp³-hybridized carbons (Fsp3) is 0.273. The minimum Gasteiger partial charge on any atom is -0.406 e. The molecule has 1 heterocycles. The summed E-state index contributed by atoms with van der Waals surface area (Å²) in [5, 5.41) is 7.19. The summed E-state index contributed by atoms with van der Waals surface area (Å²) in [4.78, 5) is 9.05. The van der Waals surface area contributed by atoms with Crippen LogP contribution in [0.1, 0.15) is 24.0 Å². The van der Waals surface area contributed by atoms with Gasteiger partial charge in [-0.25, -0.2) is 4.98 Å². The third-order valence-corrected chi connectivity index (χ3v) is 4.97. The molecule has 4 rings (SSSR count). The lowest BCUT2D eigenvalue weighted by Crippen LogP contribution is -2.17. The standard InChI is InChI=1S/C22H20ClF3N4O/c1-12-8-15(23)9-13(2)20(12)29-19-11-18(28-21(30-19)27-16-6-7-16)14-4-3-5-17(10-14)31-22(24,25)26/h3-5,8-11,16H,6-7H2,1-2H3,(H2,27,28,29,30). The van der Waals surface area contributed by atoms with Gasteiger partial charge in [-0.15, -0.1) is 13.2 Å². The molecule has 0 bridgehead atoms. The maximum Gasteiger partial charge on any atom is 0.573 e. The van der Waals surface area contributed by atoms with Gasteiger partial charge in [-0.05, 0) is 62.1 Å². The van der Waals surface area contributed by atoms with Gasteiger partial charge in [0.25, 0.3) is 0 Å². The first-order valence-electron chi connectivity index (χ1n) is 9.72. The fourth-order valence-electron chi connectivity index (χ4n) is 3.22. The van der Waals surface area contributed by atoms with E-state index in [1.165, 1.54) is 18.2 Å². The van der Waals surface area contributed by atoms with Crippen LogP contribution in [0.25, 0.3) is 11.3 Å². The highest BCUT2D eigenvalue weighted by atomic mass is 35.5. The minimum atomic E-state index is -4.76. The second kappa shape index (κ2) is 8.26. The van der Waals surface area contributed by atoms with Crippen LogP contribution in [0.4, 0.5) is 30.6 Å². The van der Waals surface area contributed by atoms with Gasteiger partial charge in [0.05, 0.1) is 5.69 Å². The Bertz CT molecular complexity index is 1090. The fourth-order valence-corrected chi connectivity index (χ4v) is 3.55. The Hall–Kier alpha value is -3.00. The van der Waals surface area contributed by atoms with Crippen molar-refractivity contribution in [2.75, 3.05) is 10.6 Å². The highest BCUT2D eigenvalue weighted by Gasteiger charge is 2.31. The lowest BCUT2D eigenvalue weighted by atomic mass is 10.1. The van der Waals surface area contributed by atoms with Gasteiger partial charge >= 0.3 is 6.36 Å². The summed E-state index contributed by atoms with van der Waals surface area (Å²) >= 11 is 6.13. The third-order valence-electron chi connectivity index (χ3n) is 4.75. The monoisotopic (exact) mass is 448 g/mol. The Kier molecular flexibility index (Phi) is 5.66. The predicted octanol–water partition coefficient (Wildman–Crippen LogP) is 6.63. The molecule has 0 spiro atoms. The van der Waals surface area contributed by atoms with Gasteiger partial charge in [0, 0.05) is 28.4 Å². The van der Waals surface area contributed by atoms with Crippen molar-refractivity contribution in [3.05, 3.63) is 58.6 Å². The number of aryl methyl sites for hydroxylation is 2. The van der Waals surface area contributed by atoms with Gasteiger partial charge < -0.3 is 15.4 Å². The number of benzene rings is 2. The van der Waals surface area contributed by atoms with Crippen LogP contribution < -0.4 is 15.4 Å². The maximum absolute atomic E-state index is 12.6. The normalized spacial score (nSPS) is 13.7. The first kappa shape index (κ1) is 21.2. The number of hydrogen-bond donors (Lipinski definition) is 2. The molecule has 0 aliphatic heterocycles. The lowest BCUT2D eigenvalue weighted by Gasteiger charge is -2.15. The van der Waals surface area contributed by atoms with Crippen LogP contribution in [0.3, 0.4) is 0 Å². The quantitative estimate of drug-likeness (QED) is 0.443. The lowest BCUT2D eigenvalue weighted by molar-refractivity contribution is -0.274. The molecule has 0 amide bonds. The Labute approximate surface area is 182 Å². The van der Waals surface area contributed by atoms with E-state index in [1.54, 1.807) is 12.1 Å². The van der Waals surface area contributed by atoms with Crippen molar-refractivity contribution in [2.24, 2.45) is 0 Å². The molecular formula is C22H20ClF3N4O. The van der Waals surface area contributed by atoms with Crippen LogP contribution in [0, 0.1) is 13.8 Å². The van der Waals surface area contributed by atoms with Gasteiger partial charge in [0.1, 0.15) is 11.6 Å². The second-order valence-electron chi connectivity index (χ2n) is 7.50. The van der Waals surface area contributed by atoms with Crippen LogP contribution in [0.5, 0.6) is 5.75 Å². The van der Waals surface area contributed by atoms with Gasteiger partial charge in [0.2, 0.25) is 5.95 Å². The van der Waals surface area contributed by atoms with Crippen LogP contribution in [-0.2, 0) is 0 Å². The van der Waals surface area contributed by atoms with E-state index in [2.05, 4.69) is 25.3 Å². The van der Waals surface area contributed by atoms with E-state index in [0.717, 1.165) is 29.7 Å². The van der Waals surface area contributed by atoms with E-state index in [9.17, 15) is 13.2 Å². The van der Waals surface area contributed by atoms with E-state index in [1.807, 2.05) is 26.0 Å². The molecule has 1 aliphatic carbocycles. The molecule has 9 heteroatoms. The zero-order valence-electron chi connectivity index (χ0n) is 16.8. The largest absolute Gasteiger partial charge is 0.573 e. The smallest absolute Gasteiger partial charge is 0.406 e. The molecule has 1 aromatic heterocycles. The SMILES string of the molecule is Cc1cc(Cl)cc(C)c1Nc1cc(-c2cccc(OC(F)(F)F)c2)nc(NC2CC2)n1. The molecule has 31 heavy (non-hydrogen) atoms. The van der Waals surface area contributed by atoms with Crippen LogP contribution in [0.2, 0.25) is 5.02 Å². The number of halogens is 4. The highest BCUT2D eigenvalue weighted by molar-refractivity contribution is 6.30. The molecule has 0 radical (unpaired) electrons. The van der Waals surface area contributed by atoms with Gasteiger partial charge in [-0.3, -0.25) is 0 Å². The molecule has 1 fully saturated rings. The number of alkyl halides is 3. The molecule has 0 atom stereocenters. The topological polar surface area (TPSA) is 59.1 Å². The number of rotatable bonds is 6. The molecule has 2 N–H and O–H groups in total. The summed E-state index contributed by atoms with van der Waals surface area (Å²) in [7, 11) is 0. The van der Waals surface area contributed by atoms with Crippen molar-refractivity contribution in [3.63, 3.8) is 0 Å². The number of ether oxygens (including phenoxy) is 1. The number of nitrogens with one attached hydrogen (secondary N) is 2. The van der Waals surface area contributed by atoms with Gasteiger partial charge in [-0.2, -0.15) is 4.98 Å². The molecule has 1 saturated carbocycles. The summed E-state index contributed by atoms with van der Waals surface area (Å²) in [6.45, 7) is 3.87. The number of aromatic nitrogens is 2. The summed E-state index contributed by atoms with van der Waals surface area (Å²) < 4.78 is 41.9. The van der Waals surface area contributed by atoms with Crippen LogP contribution in [-0.4, -0.2) is 22.4 Å². The van der Waals surface area contributed by atoms with Gasteiger partial charge in [-0.1, -0.05) is 23.7 Å². The van der Waals surface area contributed by atoms with Crippen LogP contribution >= 0.6 is 11.6 Å². The predicted molar refractivity (Wildman–Crippen MR) is 115 cm³/mol. The number of hydrogen-bond acceptors (Lipinski definition) is 5. The van der Waals surface area contributed by atoms with E-state index >= 15 is 0 Å². The summed E-state index contributed by atoms with van der Waals surface area (Å²) in [6, 6.07) is 11.4. The van der Waals surface area contributed by atoms with Crippen molar-refractivity contribution in [2.45, 2.75) is 39.1 Å². The number of nitrogens with zero attached hydrogens (tertiary/aromatic N) is 2. The maximum atomic E-state index is 12.6. The summed E-state index contributed by atoms with van der Waals surface area (Å²) in [6.07, 6.45) is -2.71. The molecule has 5 nitrogen and oxygen atoms in total. The Balaban J connectivity index is 1.71. The molecule has 0 unspecified atom stereocenters. The van der Waals surface area contributed by atoms with Crippen molar-refractivity contribution >= 4 is 29.1 Å². The molecule has 162 valence electrons. The van der Waals surface area contributed by atoms with Crippen LogP contribution in [0.15, 0.2) is 42.5 Å². The Morgan fingerprint density at radius 3 is 2.39 bits per heavy atom. The number of anilines is 3. The highest BCUT2D eigenvalue weighted by Crippen LogP contribution is 2.32. The Morgan fingerprint density at radius 2 is 1.74 bits per heavy atom.